The number of ether oxygens (including phenoxy) is 1. The molecule has 0 aliphatic carbocycles. The average molecular weight is 257 g/mol. The SMILES string of the molecule is CC(=O)C(C#N)Cc1ccc(OC(F)(F)F)cc1. The first-order chi connectivity index (χ1) is 8.31. The number of benzene rings is 1. The minimum Gasteiger partial charge on any atom is -0.406 e. The van der Waals surface area contributed by atoms with Gasteiger partial charge >= 0.3 is 6.36 Å². The molecule has 0 saturated heterocycles. The van der Waals surface area contributed by atoms with Gasteiger partial charge in [0.15, 0.2) is 0 Å². The van der Waals surface area contributed by atoms with E-state index in [1.165, 1.54) is 19.1 Å². The molecule has 6 heteroatoms. The van der Waals surface area contributed by atoms with Gasteiger partial charge in [-0.3, -0.25) is 4.79 Å². The van der Waals surface area contributed by atoms with Gasteiger partial charge in [0.25, 0.3) is 0 Å². The van der Waals surface area contributed by atoms with Crippen molar-refractivity contribution in [3.8, 4) is 11.8 Å². The Kier molecular flexibility index (Phi) is 4.32. The number of alkyl halides is 3. The predicted molar refractivity (Wildman–Crippen MR) is 56.6 cm³/mol. The van der Waals surface area contributed by atoms with Gasteiger partial charge in [-0.25, -0.2) is 0 Å². The van der Waals surface area contributed by atoms with Gasteiger partial charge in [-0.05, 0) is 31.0 Å². The van der Waals surface area contributed by atoms with Crippen molar-refractivity contribution in [2.75, 3.05) is 0 Å². The molecule has 0 N–H and O–H groups in total. The number of halogens is 3. The summed E-state index contributed by atoms with van der Waals surface area (Å²) in [5, 5.41) is 8.72. The molecule has 1 aromatic carbocycles. The van der Waals surface area contributed by atoms with Crippen LogP contribution in [0.5, 0.6) is 5.75 Å². The molecule has 0 bridgehead atoms. The molecule has 0 spiro atoms. The van der Waals surface area contributed by atoms with Crippen molar-refractivity contribution >= 4 is 5.78 Å². The molecule has 3 nitrogen and oxygen atoms in total. The van der Waals surface area contributed by atoms with Crippen molar-refractivity contribution in [1.29, 1.82) is 5.26 Å². The fourth-order valence-electron chi connectivity index (χ4n) is 1.34. The topological polar surface area (TPSA) is 50.1 Å². The Hall–Kier alpha value is -2.03. The summed E-state index contributed by atoms with van der Waals surface area (Å²) < 4.78 is 39.4. The Morgan fingerprint density at radius 3 is 2.33 bits per heavy atom. The fourth-order valence-corrected chi connectivity index (χ4v) is 1.34. The van der Waals surface area contributed by atoms with Crippen LogP contribution in [0.4, 0.5) is 13.2 Å². The van der Waals surface area contributed by atoms with Crippen LogP contribution in [0, 0.1) is 17.2 Å². The van der Waals surface area contributed by atoms with Gasteiger partial charge in [-0.15, -0.1) is 13.2 Å². The van der Waals surface area contributed by atoms with E-state index in [9.17, 15) is 18.0 Å². The predicted octanol–water partition coefficient (Wildman–Crippen LogP) is 2.86. The van der Waals surface area contributed by atoms with Crippen molar-refractivity contribution in [2.24, 2.45) is 5.92 Å². The number of ketones is 1. The van der Waals surface area contributed by atoms with Crippen LogP contribution in [0.3, 0.4) is 0 Å². The standard InChI is InChI=1S/C12H10F3NO2/c1-8(17)10(7-16)6-9-2-4-11(5-3-9)18-12(13,14)15/h2-5,10H,6H2,1H3. The molecule has 0 aliphatic rings. The second-order valence-electron chi connectivity index (χ2n) is 3.69. The highest BCUT2D eigenvalue weighted by Crippen LogP contribution is 2.23. The second kappa shape index (κ2) is 5.54. The summed E-state index contributed by atoms with van der Waals surface area (Å²) in [6.45, 7) is 1.30. The van der Waals surface area contributed by atoms with Crippen LogP contribution in [0.1, 0.15) is 12.5 Å². The Morgan fingerprint density at radius 1 is 1.39 bits per heavy atom. The van der Waals surface area contributed by atoms with E-state index in [2.05, 4.69) is 4.74 Å². The first-order valence-electron chi connectivity index (χ1n) is 5.06. The van der Waals surface area contributed by atoms with E-state index >= 15 is 0 Å². The number of nitrogens with zero attached hydrogens (tertiary/aromatic N) is 1. The van der Waals surface area contributed by atoms with Crippen LogP contribution in [-0.2, 0) is 11.2 Å². The van der Waals surface area contributed by atoms with Crippen LogP contribution >= 0.6 is 0 Å². The number of Topliss-reactive ketones (excluding diaryl/α,β-unsaturated/α-hetero) is 1. The lowest BCUT2D eigenvalue weighted by atomic mass is 9.97. The Bertz CT molecular complexity index is 460. The highest BCUT2D eigenvalue weighted by atomic mass is 19.4. The highest BCUT2D eigenvalue weighted by molar-refractivity contribution is 5.81. The summed E-state index contributed by atoms with van der Waals surface area (Å²) in [4.78, 5) is 11.0. The molecular formula is C12H10F3NO2. The van der Waals surface area contributed by atoms with Gasteiger partial charge in [-0.1, -0.05) is 12.1 Å². The molecule has 0 aliphatic heterocycles. The first-order valence-corrected chi connectivity index (χ1v) is 5.06. The average Bonchev–Trinajstić information content (AvgIpc) is 2.25. The van der Waals surface area contributed by atoms with Crippen molar-refractivity contribution < 1.29 is 22.7 Å². The molecule has 0 saturated carbocycles. The molecular weight excluding hydrogens is 247 g/mol. The number of carbonyl (C=O) groups excluding carboxylic acids is 1. The van der Waals surface area contributed by atoms with E-state index in [4.69, 9.17) is 5.26 Å². The second-order valence-corrected chi connectivity index (χ2v) is 3.69. The smallest absolute Gasteiger partial charge is 0.406 e. The maximum absolute atomic E-state index is 11.9. The lowest BCUT2D eigenvalue weighted by Crippen LogP contribution is -2.17. The van der Waals surface area contributed by atoms with E-state index in [-0.39, 0.29) is 18.0 Å². The molecule has 96 valence electrons. The third-order valence-electron chi connectivity index (χ3n) is 2.24. The Balaban J connectivity index is 2.72. The molecule has 1 unspecified atom stereocenters. The van der Waals surface area contributed by atoms with Gasteiger partial charge in [0, 0.05) is 0 Å². The molecule has 1 atom stereocenters. The molecule has 0 amide bonds. The Labute approximate surface area is 102 Å². The normalized spacial score (nSPS) is 12.6. The molecule has 0 radical (unpaired) electrons. The molecule has 1 aromatic rings. The van der Waals surface area contributed by atoms with Crippen LogP contribution in [0.25, 0.3) is 0 Å². The van der Waals surface area contributed by atoms with E-state index in [0.717, 1.165) is 12.1 Å². The third kappa shape index (κ3) is 4.45. The number of carbonyl (C=O) groups is 1. The van der Waals surface area contributed by atoms with Crippen molar-refractivity contribution in [3.63, 3.8) is 0 Å². The number of rotatable bonds is 4. The lowest BCUT2D eigenvalue weighted by molar-refractivity contribution is -0.274. The maximum atomic E-state index is 11.9. The summed E-state index contributed by atoms with van der Waals surface area (Å²) in [6, 6.07) is 6.94. The quantitative estimate of drug-likeness (QED) is 0.833. The van der Waals surface area contributed by atoms with Gasteiger partial charge in [-0.2, -0.15) is 5.26 Å². The molecule has 0 heterocycles. The third-order valence-corrected chi connectivity index (χ3v) is 2.24. The summed E-state index contributed by atoms with van der Waals surface area (Å²) in [6.07, 6.45) is -4.55. The lowest BCUT2D eigenvalue weighted by Gasteiger charge is -2.10. The first kappa shape index (κ1) is 14.0. The van der Waals surface area contributed by atoms with Gasteiger partial charge in [0.2, 0.25) is 0 Å². The summed E-state index contributed by atoms with van der Waals surface area (Å²) in [5.74, 6) is -1.38. The largest absolute Gasteiger partial charge is 0.573 e. The minimum absolute atomic E-state index is 0.179. The highest BCUT2D eigenvalue weighted by Gasteiger charge is 2.30. The zero-order chi connectivity index (χ0) is 13.8. The van der Waals surface area contributed by atoms with Crippen LogP contribution in [0.2, 0.25) is 0 Å². The van der Waals surface area contributed by atoms with E-state index in [1.807, 2.05) is 6.07 Å². The van der Waals surface area contributed by atoms with Crippen LogP contribution < -0.4 is 4.74 Å². The fraction of sp³-hybridized carbons (Fsp3) is 0.333. The minimum atomic E-state index is -4.73. The monoisotopic (exact) mass is 257 g/mol. The maximum Gasteiger partial charge on any atom is 0.573 e. The summed E-state index contributed by atoms with van der Waals surface area (Å²) in [7, 11) is 0. The van der Waals surface area contributed by atoms with E-state index < -0.39 is 12.3 Å². The number of hydrogen-bond donors (Lipinski definition) is 0. The Morgan fingerprint density at radius 2 is 1.94 bits per heavy atom. The van der Waals surface area contributed by atoms with E-state index in [1.54, 1.807) is 0 Å². The van der Waals surface area contributed by atoms with Gasteiger partial charge < -0.3 is 4.74 Å². The van der Waals surface area contributed by atoms with E-state index in [0.29, 0.717) is 5.56 Å². The van der Waals surface area contributed by atoms with Crippen LogP contribution in [-0.4, -0.2) is 12.1 Å². The van der Waals surface area contributed by atoms with Crippen molar-refractivity contribution in [3.05, 3.63) is 29.8 Å². The summed E-state index contributed by atoms with van der Waals surface area (Å²) in [5.41, 5.74) is 0.603. The van der Waals surface area contributed by atoms with Crippen LogP contribution in [0.15, 0.2) is 24.3 Å². The molecule has 0 fully saturated rings. The van der Waals surface area contributed by atoms with Crippen molar-refractivity contribution in [1.82, 2.24) is 0 Å². The van der Waals surface area contributed by atoms with Gasteiger partial charge in [0.1, 0.15) is 17.5 Å². The zero-order valence-corrected chi connectivity index (χ0v) is 9.49. The zero-order valence-electron chi connectivity index (χ0n) is 9.49. The molecule has 0 aromatic heterocycles. The summed E-state index contributed by atoms with van der Waals surface area (Å²) >= 11 is 0. The van der Waals surface area contributed by atoms with Gasteiger partial charge in [0.05, 0.1) is 6.07 Å². The number of hydrogen-bond acceptors (Lipinski definition) is 3. The van der Waals surface area contributed by atoms with Crippen molar-refractivity contribution in [2.45, 2.75) is 19.7 Å². The molecule has 18 heavy (non-hydrogen) atoms. The molecule has 1 rings (SSSR count). The number of nitriles is 1.